The van der Waals surface area contributed by atoms with Crippen LogP contribution in [0.25, 0.3) is 0 Å². The third kappa shape index (κ3) is 3.14. The lowest BCUT2D eigenvalue weighted by Gasteiger charge is -2.17. The Morgan fingerprint density at radius 1 is 1.35 bits per heavy atom. The maximum atomic E-state index is 13.9. The van der Waals surface area contributed by atoms with E-state index < -0.39 is 11.9 Å². The first-order valence-corrected chi connectivity index (χ1v) is 7.33. The van der Waals surface area contributed by atoms with Crippen molar-refractivity contribution in [2.24, 2.45) is 5.73 Å². The average Bonchev–Trinajstić information content (AvgIpc) is 2.38. The van der Waals surface area contributed by atoms with Gasteiger partial charge in [-0.2, -0.15) is 0 Å². The van der Waals surface area contributed by atoms with Gasteiger partial charge < -0.3 is 10.5 Å². The Kier molecular flexibility index (Phi) is 5.02. The minimum Gasteiger partial charge on any atom is -0.494 e. The van der Waals surface area contributed by atoms with E-state index in [4.69, 9.17) is 22.1 Å². The molecule has 0 fully saturated rings. The highest BCUT2D eigenvalue weighted by molar-refractivity contribution is 9.10. The SMILES string of the molecule is CCOc1ccc(C(N)c2c(F)cccc2Cl)c(Br)c1. The number of ether oxygens (including phenoxy) is 1. The van der Waals surface area contributed by atoms with Gasteiger partial charge in [0, 0.05) is 15.1 Å². The lowest BCUT2D eigenvalue weighted by atomic mass is 9.99. The highest BCUT2D eigenvalue weighted by Crippen LogP contribution is 2.34. The normalized spacial score (nSPS) is 12.2. The lowest BCUT2D eigenvalue weighted by molar-refractivity contribution is 0.340. The molecule has 0 aromatic heterocycles. The second-order valence-electron chi connectivity index (χ2n) is 4.23. The molecule has 0 aliphatic carbocycles. The second kappa shape index (κ2) is 6.57. The van der Waals surface area contributed by atoms with Crippen LogP contribution in [0.4, 0.5) is 4.39 Å². The Hall–Kier alpha value is -1.10. The molecule has 0 spiro atoms. The van der Waals surface area contributed by atoms with E-state index in [0.29, 0.717) is 17.2 Å². The molecular weight excluding hydrogens is 345 g/mol. The van der Waals surface area contributed by atoms with Gasteiger partial charge in [-0.15, -0.1) is 0 Å². The van der Waals surface area contributed by atoms with Crippen LogP contribution in [0, 0.1) is 5.82 Å². The van der Waals surface area contributed by atoms with E-state index >= 15 is 0 Å². The van der Waals surface area contributed by atoms with E-state index in [9.17, 15) is 4.39 Å². The van der Waals surface area contributed by atoms with Crippen LogP contribution in [-0.4, -0.2) is 6.61 Å². The molecule has 0 amide bonds. The Balaban J connectivity index is 2.41. The molecule has 106 valence electrons. The van der Waals surface area contributed by atoms with Crippen LogP contribution in [0.2, 0.25) is 5.02 Å². The van der Waals surface area contributed by atoms with Crippen LogP contribution in [0.1, 0.15) is 24.1 Å². The van der Waals surface area contributed by atoms with Gasteiger partial charge in [0.25, 0.3) is 0 Å². The smallest absolute Gasteiger partial charge is 0.129 e. The van der Waals surface area contributed by atoms with Crippen molar-refractivity contribution in [3.8, 4) is 5.75 Å². The summed E-state index contributed by atoms with van der Waals surface area (Å²) in [6.07, 6.45) is 0. The van der Waals surface area contributed by atoms with Crippen LogP contribution in [0.5, 0.6) is 5.75 Å². The maximum absolute atomic E-state index is 13.9. The number of hydrogen-bond donors (Lipinski definition) is 1. The van der Waals surface area contributed by atoms with Crippen molar-refractivity contribution in [3.63, 3.8) is 0 Å². The molecule has 5 heteroatoms. The minimum absolute atomic E-state index is 0.291. The van der Waals surface area contributed by atoms with Crippen LogP contribution >= 0.6 is 27.5 Å². The van der Waals surface area contributed by atoms with Gasteiger partial charge in [-0.25, -0.2) is 4.39 Å². The standard InChI is InChI=1S/C15H14BrClFNO/c1-2-20-9-6-7-10(11(16)8-9)15(19)14-12(17)4-3-5-13(14)18/h3-8,15H,2,19H2,1H3. The van der Waals surface area contributed by atoms with Crippen molar-refractivity contribution in [2.45, 2.75) is 13.0 Å². The molecule has 2 nitrogen and oxygen atoms in total. The topological polar surface area (TPSA) is 35.2 Å². The van der Waals surface area contributed by atoms with Gasteiger partial charge in [-0.1, -0.05) is 39.7 Å². The quantitative estimate of drug-likeness (QED) is 0.860. The average molecular weight is 359 g/mol. The molecule has 0 heterocycles. The van der Waals surface area contributed by atoms with Gasteiger partial charge in [-0.3, -0.25) is 0 Å². The third-order valence-electron chi connectivity index (χ3n) is 2.93. The predicted octanol–water partition coefficient (Wildman–Crippen LogP) is 4.69. The zero-order valence-corrected chi connectivity index (χ0v) is 13.2. The van der Waals surface area contributed by atoms with E-state index in [1.807, 2.05) is 19.1 Å². The van der Waals surface area contributed by atoms with Gasteiger partial charge in [0.05, 0.1) is 12.6 Å². The summed E-state index contributed by atoms with van der Waals surface area (Å²) < 4.78 is 20.1. The molecule has 20 heavy (non-hydrogen) atoms. The highest BCUT2D eigenvalue weighted by atomic mass is 79.9. The number of halogens is 3. The molecular formula is C15H14BrClFNO. The molecule has 1 unspecified atom stereocenters. The largest absolute Gasteiger partial charge is 0.494 e. The van der Waals surface area contributed by atoms with Crippen LogP contribution < -0.4 is 10.5 Å². The summed E-state index contributed by atoms with van der Waals surface area (Å²) in [5, 5.41) is 0.318. The summed E-state index contributed by atoms with van der Waals surface area (Å²) in [7, 11) is 0. The number of hydrogen-bond acceptors (Lipinski definition) is 2. The van der Waals surface area contributed by atoms with Gasteiger partial charge >= 0.3 is 0 Å². The summed E-state index contributed by atoms with van der Waals surface area (Å²) >= 11 is 9.49. The van der Waals surface area contributed by atoms with Crippen molar-refractivity contribution in [1.82, 2.24) is 0 Å². The van der Waals surface area contributed by atoms with E-state index in [2.05, 4.69) is 15.9 Å². The first-order valence-electron chi connectivity index (χ1n) is 6.16. The molecule has 0 bridgehead atoms. The summed E-state index contributed by atoms with van der Waals surface area (Å²) in [4.78, 5) is 0. The summed E-state index contributed by atoms with van der Waals surface area (Å²) in [5.74, 6) is 0.320. The fourth-order valence-electron chi connectivity index (χ4n) is 1.98. The molecule has 2 aromatic rings. The molecule has 0 radical (unpaired) electrons. The van der Waals surface area contributed by atoms with Crippen LogP contribution in [0.15, 0.2) is 40.9 Å². The summed E-state index contributed by atoms with van der Waals surface area (Å²) in [5.41, 5.74) is 7.19. The number of benzene rings is 2. The Morgan fingerprint density at radius 3 is 2.70 bits per heavy atom. The van der Waals surface area contributed by atoms with Gasteiger partial charge in [0.15, 0.2) is 0 Å². The maximum Gasteiger partial charge on any atom is 0.129 e. The predicted molar refractivity (Wildman–Crippen MR) is 82.8 cm³/mol. The summed E-state index contributed by atoms with van der Waals surface area (Å²) in [6.45, 7) is 2.49. The fourth-order valence-corrected chi connectivity index (χ4v) is 2.86. The van der Waals surface area contributed by atoms with E-state index in [1.54, 1.807) is 18.2 Å². The van der Waals surface area contributed by atoms with Crippen LogP contribution in [-0.2, 0) is 0 Å². The molecule has 0 aliphatic heterocycles. The van der Waals surface area contributed by atoms with E-state index in [-0.39, 0.29) is 0 Å². The second-order valence-corrected chi connectivity index (χ2v) is 5.49. The number of nitrogens with two attached hydrogens (primary N) is 1. The van der Waals surface area contributed by atoms with E-state index in [0.717, 1.165) is 15.8 Å². The molecule has 2 rings (SSSR count). The molecule has 0 saturated carbocycles. The van der Waals surface area contributed by atoms with Crippen molar-refractivity contribution in [2.75, 3.05) is 6.61 Å². The van der Waals surface area contributed by atoms with Crippen molar-refractivity contribution in [1.29, 1.82) is 0 Å². The summed E-state index contributed by atoms with van der Waals surface area (Å²) in [6, 6.07) is 9.31. The monoisotopic (exact) mass is 357 g/mol. The van der Waals surface area contributed by atoms with Crippen molar-refractivity contribution >= 4 is 27.5 Å². The molecule has 2 aromatic carbocycles. The van der Waals surface area contributed by atoms with E-state index in [1.165, 1.54) is 6.07 Å². The number of rotatable bonds is 4. The fraction of sp³-hybridized carbons (Fsp3) is 0.200. The van der Waals surface area contributed by atoms with Crippen molar-refractivity contribution < 1.29 is 9.13 Å². The molecule has 2 N–H and O–H groups in total. The Labute approximate surface area is 130 Å². The van der Waals surface area contributed by atoms with Gasteiger partial charge in [-0.05, 0) is 36.8 Å². The molecule has 0 aliphatic rings. The van der Waals surface area contributed by atoms with Gasteiger partial charge in [0.1, 0.15) is 11.6 Å². The zero-order valence-electron chi connectivity index (χ0n) is 10.9. The molecule has 0 saturated heterocycles. The first-order chi connectivity index (χ1) is 9.54. The lowest BCUT2D eigenvalue weighted by Crippen LogP contribution is -2.15. The van der Waals surface area contributed by atoms with Gasteiger partial charge in [0.2, 0.25) is 0 Å². The first kappa shape index (κ1) is 15.3. The van der Waals surface area contributed by atoms with Crippen molar-refractivity contribution in [3.05, 3.63) is 62.8 Å². The minimum atomic E-state index is -0.645. The van der Waals surface area contributed by atoms with Crippen LogP contribution in [0.3, 0.4) is 0 Å². The Morgan fingerprint density at radius 2 is 2.10 bits per heavy atom. The highest BCUT2D eigenvalue weighted by Gasteiger charge is 2.19. The zero-order chi connectivity index (χ0) is 14.7. The Bertz CT molecular complexity index is 601. The third-order valence-corrected chi connectivity index (χ3v) is 3.95. The molecule has 1 atom stereocenters.